The minimum atomic E-state index is -4.44. The Kier molecular flexibility index (Phi) is 5.78. The van der Waals surface area contributed by atoms with E-state index in [1.165, 1.54) is 17.2 Å². The quantitative estimate of drug-likeness (QED) is 0.618. The fourth-order valence-electron chi connectivity index (χ4n) is 7.16. The molecule has 2 aliphatic heterocycles. The third kappa shape index (κ3) is 4.07. The van der Waals surface area contributed by atoms with Gasteiger partial charge in [-0.05, 0) is 56.2 Å². The zero-order valence-corrected chi connectivity index (χ0v) is 20.5. The van der Waals surface area contributed by atoms with Gasteiger partial charge in [-0.1, -0.05) is 24.1 Å². The molecule has 1 unspecified atom stereocenters. The number of carbonyl (C=O) groups is 1. The molecule has 2 aromatic rings. The number of nitrogens with one attached hydrogen (secondary N) is 1. The molecule has 8 heteroatoms. The Hall–Kier alpha value is -2.61. The first-order valence-corrected chi connectivity index (χ1v) is 13.1. The number of aromatic nitrogens is 1. The molecule has 2 saturated carbocycles. The Bertz CT molecular complexity index is 1180. The van der Waals surface area contributed by atoms with E-state index in [1.54, 1.807) is 4.90 Å². The second kappa shape index (κ2) is 8.75. The number of benzene rings is 1. The SMILES string of the molecule is Cc1ccc2c(c1)C(N[C@@H]1C[C@H]3CCC[C@@]3(C(=O)N3CCc4ncc(C(F)(F)F)cc4C3)C1)CCO2. The van der Waals surface area contributed by atoms with Crippen LogP contribution in [0.1, 0.15) is 72.5 Å². The van der Waals surface area contributed by atoms with Gasteiger partial charge < -0.3 is 15.0 Å². The number of ether oxygens (including phenoxy) is 1. The zero-order chi connectivity index (χ0) is 25.1. The molecule has 2 fully saturated rings. The van der Waals surface area contributed by atoms with Crippen molar-refractivity contribution in [3.05, 3.63) is 58.4 Å². The average molecular weight is 500 g/mol. The van der Waals surface area contributed by atoms with Crippen LogP contribution in [0.4, 0.5) is 13.2 Å². The number of pyridine rings is 1. The monoisotopic (exact) mass is 499 g/mol. The molecule has 6 rings (SSSR count). The summed E-state index contributed by atoms with van der Waals surface area (Å²) in [7, 11) is 0. The van der Waals surface area contributed by atoms with Crippen LogP contribution < -0.4 is 10.1 Å². The van der Waals surface area contributed by atoms with E-state index in [0.29, 0.717) is 36.7 Å². The number of amides is 1. The Balaban J connectivity index is 1.20. The number of nitrogens with zero attached hydrogens (tertiary/aromatic N) is 2. The van der Waals surface area contributed by atoms with Crippen LogP contribution in [0.25, 0.3) is 0 Å². The first-order chi connectivity index (χ1) is 17.2. The summed E-state index contributed by atoms with van der Waals surface area (Å²) in [5.41, 5.74) is 2.44. The van der Waals surface area contributed by atoms with Crippen molar-refractivity contribution >= 4 is 5.91 Å². The average Bonchev–Trinajstić information content (AvgIpc) is 3.40. The molecule has 1 aromatic heterocycles. The van der Waals surface area contributed by atoms with Crippen LogP contribution in [0.2, 0.25) is 0 Å². The van der Waals surface area contributed by atoms with Crippen LogP contribution in [0.5, 0.6) is 5.75 Å². The Morgan fingerprint density at radius 3 is 2.94 bits per heavy atom. The summed E-state index contributed by atoms with van der Waals surface area (Å²) in [6, 6.07) is 7.93. The van der Waals surface area contributed by atoms with Crippen molar-refractivity contribution in [1.29, 1.82) is 0 Å². The second-order valence-corrected chi connectivity index (χ2v) is 11.1. The van der Waals surface area contributed by atoms with Gasteiger partial charge in [0.25, 0.3) is 0 Å². The normalized spacial score (nSPS) is 29.3. The van der Waals surface area contributed by atoms with Gasteiger partial charge in [-0.3, -0.25) is 9.78 Å². The van der Waals surface area contributed by atoms with Crippen molar-refractivity contribution in [2.45, 2.75) is 76.7 Å². The minimum absolute atomic E-state index is 0.126. The van der Waals surface area contributed by atoms with Crippen LogP contribution in [-0.4, -0.2) is 35.0 Å². The van der Waals surface area contributed by atoms with E-state index < -0.39 is 17.2 Å². The van der Waals surface area contributed by atoms with Crippen LogP contribution >= 0.6 is 0 Å². The molecule has 1 N–H and O–H groups in total. The maximum atomic E-state index is 14.0. The molecular formula is C28H32F3N3O2. The Labute approximate surface area is 209 Å². The van der Waals surface area contributed by atoms with Crippen LogP contribution in [-0.2, 0) is 23.9 Å². The molecule has 1 aromatic carbocycles. The van der Waals surface area contributed by atoms with Crippen LogP contribution in [0, 0.1) is 18.3 Å². The lowest BCUT2D eigenvalue weighted by Gasteiger charge is -2.37. The molecule has 1 amide bonds. The maximum Gasteiger partial charge on any atom is 0.417 e. The predicted molar refractivity (Wildman–Crippen MR) is 128 cm³/mol. The summed E-state index contributed by atoms with van der Waals surface area (Å²) >= 11 is 0. The number of alkyl halides is 3. The standard InChI is InChI=1S/C28H32F3N3O2/c1-17-4-5-25-22(11-17)24(7-10-36-25)33-21-13-19-3-2-8-27(19,14-21)26(35)34-9-6-23-18(16-34)12-20(15-32-23)28(29,30)31/h4-5,11-12,15,19,21,24,33H,2-3,6-10,13-14,16H2,1H3/t19-,21-,24?,27-/m1/s1. The number of hydrogen-bond donors (Lipinski definition) is 1. The van der Waals surface area contributed by atoms with Crippen molar-refractivity contribution in [2.75, 3.05) is 13.2 Å². The predicted octanol–water partition coefficient (Wildman–Crippen LogP) is 5.36. The van der Waals surface area contributed by atoms with E-state index in [4.69, 9.17) is 4.74 Å². The topological polar surface area (TPSA) is 54.5 Å². The van der Waals surface area contributed by atoms with E-state index in [9.17, 15) is 18.0 Å². The van der Waals surface area contributed by atoms with Gasteiger partial charge in [0.15, 0.2) is 0 Å². The fraction of sp³-hybridized carbons (Fsp3) is 0.571. The van der Waals surface area contributed by atoms with Gasteiger partial charge >= 0.3 is 6.18 Å². The number of aryl methyl sites for hydroxylation is 1. The third-order valence-corrected chi connectivity index (χ3v) is 8.86. The van der Waals surface area contributed by atoms with Gasteiger partial charge in [-0.15, -0.1) is 0 Å². The molecule has 36 heavy (non-hydrogen) atoms. The minimum Gasteiger partial charge on any atom is -0.493 e. The molecule has 192 valence electrons. The summed E-state index contributed by atoms with van der Waals surface area (Å²) in [4.78, 5) is 19.9. The molecule has 0 radical (unpaired) electrons. The smallest absolute Gasteiger partial charge is 0.417 e. The molecular weight excluding hydrogens is 467 g/mol. The number of halogens is 3. The number of carbonyl (C=O) groups excluding carboxylic acids is 1. The zero-order valence-electron chi connectivity index (χ0n) is 20.5. The van der Waals surface area contributed by atoms with Gasteiger partial charge in [0.05, 0.1) is 17.6 Å². The van der Waals surface area contributed by atoms with E-state index in [0.717, 1.165) is 50.5 Å². The van der Waals surface area contributed by atoms with Gasteiger partial charge in [-0.25, -0.2) is 0 Å². The number of fused-ring (bicyclic) bond motifs is 3. The van der Waals surface area contributed by atoms with Gasteiger partial charge in [0, 0.05) is 55.5 Å². The van der Waals surface area contributed by atoms with Crippen molar-refractivity contribution in [2.24, 2.45) is 11.3 Å². The lowest BCUT2D eigenvalue weighted by atomic mass is 9.78. The second-order valence-electron chi connectivity index (χ2n) is 11.1. The highest BCUT2D eigenvalue weighted by molar-refractivity contribution is 5.84. The Morgan fingerprint density at radius 2 is 2.11 bits per heavy atom. The summed E-state index contributed by atoms with van der Waals surface area (Å²) in [6.07, 6.45) is 2.57. The first kappa shape index (κ1) is 23.8. The summed E-state index contributed by atoms with van der Waals surface area (Å²) in [5, 5.41) is 3.87. The van der Waals surface area contributed by atoms with E-state index in [1.807, 2.05) is 6.07 Å². The lowest BCUT2D eigenvalue weighted by molar-refractivity contribution is -0.144. The maximum absolute atomic E-state index is 14.0. The first-order valence-electron chi connectivity index (χ1n) is 13.1. The van der Waals surface area contributed by atoms with Crippen molar-refractivity contribution < 1.29 is 22.7 Å². The lowest BCUT2D eigenvalue weighted by Crippen LogP contribution is -2.47. The highest BCUT2D eigenvalue weighted by Gasteiger charge is 2.56. The molecule has 3 heterocycles. The van der Waals surface area contributed by atoms with Crippen molar-refractivity contribution in [3.63, 3.8) is 0 Å². The highest BCUT2D eigenvalue weighted by Crippen LogP contribution is 2.56. The molecule has 0 saturated heterocycles. The van der Waals surface area contributed by atoms with Crippen LogP contribution in [0.3, 0.4) is 0 Å². The summed E-state index contributed by atoms with van der Waals surface area (Å²) in [6.45, 7) is 3.49. The number of hydrogen-bond acceptors (Lipinski definition) is 4. The van der Waals surface area contributed by atoms with Gasteiger partial charge in [0.2, 0.25) is 5.91 Å². The molecule has 2 aliphatic carbocycles. The molecule has 5 nitrogen and oxygen atoms in total. The molecule has 4 atom stereocenters. The van der Waals surface area contributed by atoms with E-state index in [-0.39, 0.29) is 24.5 Å². The van der Waals surface area contributed by atoms with E-state index in [2.05, 4.69) is 29.4 Å². The highest BCUT2D eigenvalue weighted by atomic mass is 19.4. The summed E-state index contributed by atoms with van der Waals surface area (Å²) < 4.78 is 45.6. The molecule has 4 aliphatic rings. The van der Waals surface area contributed by atoms with Gasteiger partial charge in [-0.2, -0.15) is 13.2 Å². The van der Waals surface area contributed by atoms with Crippen LogP contribution in [0.15, 0.2) is 30.5 Å². The van der Waals surface area contributed by atoms with E-state index >= 15 is 0 Å². The number of rotatable bonds is 3. The third-order valence-electron chi connectivity index (χ3n) is 8.86. The van der Waals surface area contributed by atoms with Crippen molar-refractivity contribution in [1.82, 2.24) is 15.2 Å². The summed E-state index contributed by atoms with van der Waals surface area (Å²) in [5.74, 6) is 1.38. The van der Waals surface area contributed by atoms with Crippen molar-refractivity contribution in [3.8, 4) is 5.75 Å². The fourth-order valence-corrected chi connectivity index (χ4v) is 7.16. The van der Waals surface area contributed by atoms with Gasteiger partial charge in [0.1, 0.15) is 5.75 Å². The molecule has 0 bridgehead atoms. The Morgan fingerprint density at radius 1 is 1.25 bits per heavy atom. The largest absolute Gasteiger partial charge is 0.493 e. The molecule has 0 spiro atoms.